The van der Waals surface area contributed by atoms with Crippen LogP contribution in [0.4, 0.5) is 11.4 Å². The first-order valence-corrected chi connectivity index (χ1v) is 6.08. The molecule has 5 nitrogen and oxygen atoms in total. The minimum absolute atomic E-state index is 0.254. The van der Waals surface area contributed by atoms with Gasteiger partial charge < -0.3 is 16.8 Å². The van der Waals surface area contributed by atoms with E-state index in [9.17, 15) is 4.79 Å². The van der Waals surface area contributed by atoms with Crippen molar-refractivity contribution in [1.82, 2.24) is 4.98 Å². The third-order valence-corrected chi connectivity index (χ3v) is 2.94. The fourth-order valence-corrected chi connectivity index (χ4v) is 2.17. The summed E-state index contributed by atoms with van der Waals surface area (Å²) < 4.78 is 0. The molecule has 1 heterocycles. The van der Waals surface area contributed by atoms with E-state index >= 15 is 0 Å². The number of nitrogen functional groups attached to an aromatic ring is 1. The Kier molecular flexibility index (Phi) is 3.29. The van der Waals surface area contributed by atoms with E-state index in [2.05, 4.69) is 10.3 Å². The van der Waals surface area contributed by atoms with E-state index in [0.717, 1.165) is 16.5 Å². The summed E-state index contributed by atoms with van der Waals surface area (Å²) in [4.78, 5) is 15.2. The van der Waals surface area contributed by atoms with Gasteiger partial charge in [0.2, 0.25) is 5.91 Å². The van der Waals surface area contributed by atoms with Crippen molar-refractivity contribution in [1.29, 1.82) is 0 Å². The summed E-state index contributed by atoms with van der Waals surface area (Å²) in [7, 11) is 0. The van der Waals surface area contributed by atoms with Crippen molar-refractivity contribution in [3.8, 4) is 0 Å². The number of carbonyl (C=O) groups excluding carboxylic acids is 1. The van der Waals surface area contributed by atoms with Crippen molar-refractivity contribution < 1.29 is 4.79 Å². The van der Waals surface area contributed by atoms with Crippen LogP contribution in [-0.4, -0.2) is 16.4 Å². The van der Waals surface area contributed by atoms with Gasteiger partial charge in [0.15, 0.2) is 0 Å². The van der Waals surface area contributed by atoms with Crippen molar-refractivity contribution in [3.63, 3.8) is 0 Å². The number of fused-ring (bicyclic) bond motifs is 1. The number of amides is 1. The Balaban J connectivity index is 2.41. The molecule has 0 saturated heterocycles. The molecule has 0 fully saturated rings. The monoisotopic (exact) mass is 258 g/mol. The fourth-order valence-electron chi connectivity index (χ4n) is 2.17. The van der Waals surface area contributed by atoms with Gasteiger partial charge in [0.25, 0.3) is 0 Å². The number of primary amides is 1. The second kappa shape index (κ2) is 4.76. The SMILES string of the molecule is CC(C)(CC(N)=O)Nc1ccc(N)c2cnccc12. The van der Waals surface area contributed by atoms with Crippen LogP contribution in [0.2, 0.25) is 0 Å². The van der Waals surface area contributed by atoms with E-state index in [4.69, 9.17) is 11.5 Å². The number of nitrogens with one attached hydrogen (secondary N) is 1. The van der Waals surface area contributed by atoms with Crippen LogP contribution >= 0.6 is 0 Å². The van der Waals surface area contributed by atoms with E-state index in [1.807, 2.05) is 32.0 Å². The molecular weight excluding hydrogens is 240 g/mol. The molecule has 0 saturated carbocycles. The Labute approximate surface area is 112 Å². The number of pyridine rings is 1. The molecule has 0 aliphatic heterocycles. The van der Waals surface area contributed by atoms with Gasteiger partial charge in [-0.15, -0.1) is 0 Å². The van der Waals surface area contributed by atoms with Gasteiger partial charge in [-0.3, -0.25) is 9.78 Å². The number of nitrogens with zero attached hydrogens (tertiary/aromatic N) is 1. The fraction of sp³-hybridized carbons (Fsp3) is 0.286. The highest BCUT2D eigenvalue weighted by atomic mass is 16.1. The van der Waals surface area contributed by atoms with Gasteiger partial charge >= 0.3 is 0 Å². The Hall–Kier alpha value is -2.30. The van der Waals surface area contributed by atoms with Gasteiger partial charge in [-0.1, -0.05) is 0 Å². The summed E-state index contributed by atoms with van der Waals surface area (Å²) in [6.45, 7) is 3.86. The zero-order valence-corrected chi connectivity index (χ0v) is 11.1. The molecule has 0 spiro atoms. The Morgan fingerprint density at radius 3 is 2.74 bits per heavy atom. The summed E-state index contributed by atoms with van der Waals surface area (Å²) >= 11 is 0. The Morgan fingerprint density at radius 2 is 2.05 bits per heavy atom. The second-order valence-corrected chi connectivity index (χ2v) is 5.28. The molecule has 19 heavy (non-hydrogen) atoms. The summed E-state index contributed by atoms with van der Waals surface area (Å²) in [5, 5.41) is 5.21. The molecule has 0 radical (unpaired) electrons. The van der Waals surface area contributed by atoms with Gasteiger partial charge in [0.1, 0.15) is 0 Å². The van der Waals surface area contributed by atoms with Gasteiger partial charge in [0, 0.05) is 46.5 Å². The maximum absolute atomic E-state index is 11.1. The average Bonchev–Trinajstić information content (AvgIpc) is 2.31. The van der Waals surface area contributed by atoms with Crippen LogP contribution in [0.3, 0.4) is 0 Å². The maximum Gasteiger partial charge on any atom is 0.219 e. The molecule has 2 aromatic rings. The third-order valence-electron chi connectivity index (χ3n) is 2.94. The molecule has 0 aliphatic carbocycles. The highest BCUT2D eigenvalue weighted by molar-refractivity contribution is 6.00. The maximum atomic E-state index is 11.1. The number of nitrogens with two attached hydrogens (primary N) is 2. The van der Waals surface area contributed by atoms with E-state index in [-0.39, 0.29) is 12.3 Å². The van der Waals surface area contributed by atoms with Gasteiger partial charge in [-0.2, -0.15) is 0 Å². The minimum atomic E-state index is -0.419. The number of rotatable bonds is 4. The number of benzene rings is 1. The lowest BCUT2D eigenvalue weighted by atomic mass is 9.98. The van der Waals surface area contributed by atoms with Crippen LogP contribution in [-0.2, 0) is 4.79 Å². The third kappa shape index (κ3) is 2.93. The lowest BCUT2D eigenvalue weighted by molar-refractivity contribution is -0.118. The van der Waals surface area contributed by atoms with Gasteiger partial charge in [0.05, 0.1) is 0 Å². The van der Waals surface area contributed by atoms with Crippen LogP contribution in [0.25, 0.3) is 10.8 Å². The van der Waals surface area contributed by atoms with Crippen molar-refractivity contribution in [3.05, 3.63) is 30.6 Å². The molecule has 0 aliphatic rings. The minimum Gasteiger partial charge on any atom is -0.398 e. The molecule has 1 amide bonds. The first-order chi connectivity index (χ1) is 8.89. The number of anilines is 2. The van der Waals surface area contributed by atoms with Crippen LogP contribution < -0.4 is 16.8 Å². The lowest BCUT2D eigenvalue weighted by Gasteiger charge is -2.27. The van der Waals surface area contributed by atoms with E-state index in [1.165, 1.54) is 0 Å². The highest BCUT2D eigenvalue weighted by Gasteiger charge is 2.21. The van der Waals surface area contributed by atoms with Gasteiger partial charge in [-0.05, 0) is 32.0 Å². The summed E-state index contributed by atoms with van der Waals surface area (Å²) in [5.41, 5.74) is 12.4. The van der Waals surface area contributed by atoms with E-state index < -0.39 is 5.54 Å². The zero-order valence-electron chi connectivity index (χ0n) is 11.1. The van der Waals surface area contributed by atoms with E-state index in [0.29, 0.717) is 5.69 Å². The normalized spacial score (nSPS) is 11.5. The lowest BCUT2D eigenvalue weighted by Crippen LogP contribution is -2.36. The standard InChI is InChI=1S/C14H18N4O/c1-14(2,7-13(16)19)18-12-4-3-11(15)10-8-17-6-5-9(10)12/h3-6,8,18H,7,15H2,1-2H3,(H2,16,19). The van der Waals surface area contributed by atoms with Crippen molar-refractivity contribution in [2.45, 2.75) is 25.8 Å². The molecule has 5 heteroatoms. The second-order valence-electron chi connectivity index (χ2n) is 5.28. The largest absolute Gasteiger partial charge is 0.398 e. The van der Waals surface area contributed by atoms with Crippen molar-refractivity contribution >= 4 is 28.1 Å². The Bertz CT molecular complexity index is 622. The number of carbonyl (C=O) groups is 1. The van der Waals surface area contributed by atoms with Crippen molar-refractivity contribution in [2.24, 2.45) is 5.73 Å². The molecule has 0 bridgehead atoms. The molecule has 1 aromatic carbocycles. The molecule has 100 valence electrons. The topological polar surface area (TPSA) is 94.0 Å². The van der Waals surface area contributed by atoms with Crippen LogP contribution in [0.1, 0.15) is 20.3 Å². The van der Waals surface area contributed by atoms with Crippen LogP contribution in [0.5, 0.6) is 0 Å². The number of hydrogen-bond acceptors (Lipinski definition) is 4. The predicted octanol–water partition coefficient (Wildman–Crippen LogP) is 1.88. The molecular formula is C14H18N4O. The molecule has 5 N–H and O–H groups in total. The molecule has 0 unspecified atom stereocenters. The summed E-state index contributed by atoms with van der Waals surface area (Å²) in [6, 6.07) is 5.63. The zero-order chi connectivity index (χ0) is 14.0. The van der Waals surface area contributed by atoms with Gasteiger partial charge in [-0.25, -0.2) is 0 Å². The smallest absolute Gasteiger partial charge is 0.219 e. The number of hydrogen-bond donors (Lipinski definition) is 3. The van der Waals surface area contributed by atoms with Crippen LogP contribution in [0.15, 0.2) is 30.6 Å². The quantitative estimate of drug-likeness (QED) is 0.730. The van der Waals surface area contributed by atoms with Crippen LogP contribution in [0, 0.1) is 0 Å². The summed E-state index contributed by atoms with van der Waals surface area (Å²) in [6.07, 6.45) is 3.70. The molecule has 2 rings (SSSR count). The molecule has 0 atom stereocenters. The molecule has 1 aromatic heterocycles. The average molecular weight is 258 g/mol. The first kappa shape index (κ1) is 13.1. The van der Waals surface area contributed by atoms with Crippen molar-refractivity contribution in [2.75, 3.05) is 11.1 Å². The number of aromatic nitrogens is 1. The van der Waals surface area contributed by atoms with E-state index in [1.54, 1.807) is 12.4 Å². The Morgan fingerprint density at radius 1 is 1.32 bits per heavy atom. The summed E-state index contributed by atoms with van der Waals surface area (Å²) in [5.74, 6) is -0.334. The first-order valence-electron chi connectivity index (χ1n) is 6.08. The predicted molar refractivity (Wildman–Crippen MR) is 77.7 cm³/mol. The highest BCUT2D eigenvalue weighted by Crippen LogP contribution is 2.30.